The molecule has 0 saturated heterocycles. The van der Waals surface area contributed by atoms with Crippen molar-refractivity contribution in [3.8, 4) is 0 Å². The summed E-state index contributed by atoms with van der Waals surface area (Å²) in [4.78, 5) is 4.77. The summed E-state index contributed by atoms with van der Waals surface area (Å²) < 4.78 is 0. The van der Waals surface area contributed by atoms with Gasteiger partial charge in [0.2, 0.25) is 0 Å². The molecular formula is C16H27N3. The zero-order valence-electron chi connectivity index (χ0n) is 12.7. The van der Waals surface area contributed by atoms with Gasteiger partial charge in [0.1, 0.15) is 5.82 Å². The highest BCUT2D eigenvalue weighted by Gasteiger charge is 2.22. The van der Waals surface area contributed by atoms with Crippen LogP contribution < -0.4 is 10.6 Å². The maximum atomic E-state index is 4.77. The van der Waals surface area contributed by atoms with Crippen molar-refractivity contribution < 1.29 is 0 Å². The fourth-order valence-electron chi connectivity index (χ4n) is 2.08. The van der Waals surface area contributed by atoms with Crippen molar-refractivity contribution in [2.75, 3.05) is 11.9 Å². The van der Waals surface area contributed by atoms with Crippen molar-refractivity contribution >= 4 is 5.82 Å². The van der Waals surface area contributed by atoms with E-state index in [4.69, 9.17) is 4.98 Å². The van der Waals surface area contributed by atoms with Crippen LogP contribution in [-0.2, 0) is 0 Å². The van der Waals surface area contributed by atoms with Crippen LogP contribution in [0.15, 0.2) is 18.2 Å². The number of aromatic nitrogens is 1. The van der Waals surface area contributed by atoms with Gasteiger partial charge >= 0.3 is 0 Å². The number of pyridine rings is 1. The Bertz CT molecular complexity index is 405. The van der Waals surface area contributed by atoms with Gasteiger partial charge in [-0.1, -0.05) is 13.0 Å². The highest BCUT2D eigenvalue weighted by atomic mass is 15.0. The van der Waals surface area contributed by atoms with E-state index in [0.29, 0.717) is 12.0 Å². The van der Waals surface area contributed by atoms with E-state index in [9.17, 15) is 0 Å². The second kappa shape index (κ2) is 5.91. The molecule has 1 aliphatic carbocycles. The Morgan fingerprint density at radius 1 is 1.32 bits per heavy atom. The van der Waals surface area contributed by atoms with Crippen molar-refractivity contribution in [2.45, 2.75) is 64.5 Å². The summed E-state index contributed by atoms with van der Waals surface area (Å²) in [5.74, 6) is 1.52. The fourth-order valence-corrected chi connectivity index (χ4v) is 2.08. The maximum absolute atomic E-state index is 4.77. The van der Waals surface area contributed by atoms with E-state index in [2.05, 4.69) is 56.5 Å². The largest absolute Gasteiger partial charge is 0.367 e. The minimum atomic E-state index is 0.164. The van der Waals surface area contributed by atoms with Crippen molar-refractivity contribution in [2.24, 2.45) is 0 Å². The average Bonchev–Trinajstić information content (AvgIpc) is 3.13. The van der Waals surface area contributed by atoms with Crippen LogP contribution in [0.1, 0.15) is 58.6 Å². The third-order valence-corrected chi connectivity index (χ3v) is 3.49. The summed E-state index contributed by atoms with van der Waals surface area (Å²) in [5, 5.41) is 7.06. The SMILES string of the molecule is CC[C@H](CNC(C)(C)C)c1cccc(NC2CC2)n1. The predicted octanol–water partition coefficient (Wildman–Crippen LogP) is 3.54. The molecule has 0 aromatic carbocycles. The van der Waals surface area contributed by atoms with Crippen LogP contribution in [0.4, 0.5) is 5.82 Å². The maximum Gasteiger partial charge on any atom is 0.126 e. The minimum Gasteiger partial charge on any atom is -0.367 e. The number of anilines is 1. The quantitative estimate of drug-likeness (QED) is 0.822. The second-order valence-electron chi connectivity index (χ2n) is 6.60. The molecule has 19 heavy (non-hydrogen) atoms. The van der Waals surface area contributed by atoms with Crippen LogP contribution in [0.2, 0.25) is 0 Å². The van der Waals surface area contributed by atoms with Gasteiger partial charge in [0, 0.05) is 29.7 Å². The van der Waals surface area contributed by atoms with Crippen LogP contribution in [0.25, 0.3) is 0 Å². The van der Waals surface area contributed by atoms with Gasteiger partial charge in [-0.2, -0.15) is 0 Å². The van der Waals surface area contributed by atoms with E-state index in [0.717, 1.165) is 18.8 Å². The zero-order valence-corrected chi connectivity index (χ0v) is 12.7. The molecule has 1 saturated carbocycles. The summed E-state index contributed by atoms with van der Waals surface area (Å²) in [7, 11) is 0. The lowest BCUT2D eigenvalue weighted by molar-refractivity contribution is 0.400. The summed E-state index contributed by atoms with van der Waals surface area (Å²) in [6.45, 7) is 9.84. The first-order valence-corrected chi connectivity index (χ1v) is 7.46. The lowest BCUT2D eigenvalue weighted by atomic mass is 9.99. The van der Waals surface area contributed by atoms with Gasteiger partial charge in [-0.25, -0.2) is 4.98 Å². The topological polar surface area (TPSA) is 37.0 Å². The predicted molar refractivity (Wildman–Crippen MR) is 81.7 cm³/mol. The third-order valence-electron chi connectivity index (χ3n) is 3.49. The molecule has 1 aromatic rings. The summed E-state index contributed by atoms with van der Waals surface area (Å²) in [6.07, 6.45) is 3.69. The first kappa shape index (κ1) is 14.3. The van der Waals surface area contributed by atoms with Crippen LogP contribution in [-0.4, -0.2) is 23.1 Å². The second-order valence-corrected chi connectivity index (χ2v) is 6.60. The number of hydrogen-bond acceptors (Lipinski definition) is 3. The smallest absolute Gasteiger partial charge is 0.126 e. The van der Waals surface area contributed by atoms with E-state index in [-0.39, 0.29) is 5.54 Å². The molecular weight excluding hydrogens is 234 g/mol. The van der Waals surface area contributed by atoms with Crippen LogP contribution in [0.3, 0.4) is 0 Å². The molecule has 1 heterocycles. The molecule has 0 amide bonds. The molecule has 2 rings (SSSR count). The van der Waals surface area contributed by atoms with Crippen LogP contribution >= 0.6 is 0 Å². The van der Waals surface area contributed by atoms with Gasteiger partial charge in [-0.3, -0.25) is 0 Å². The zero-order chi connectivity index (χ0) is 13.9. The number of nitrogens with zero attached hydrogens (tertiary/aromatic N) is 1. The Morgan fingerprint density at radius 2 is 2.05 bits per heavy atom. The molecule has 0 unspecified atom stereocenters. The van der Waals surface area contributed by atoms with Crippen molar-refractivity contribution in [3.63, 3.8) is 0 Å². The summed E-state index contributed by atoms with van der Waals surface area (Å²) in [5.41, 5.74) is 1.36. The third kappa shape index (κ3) is 4.83. The molecule has 0 spiro atoms. The molecule has 3 heteroatoms. The molecule has 1 aliphatic rings. The highest BCUT2D eigenvalue weighted by molar-refractivity contribution is 5.38. The first-order chi connectivity index (χ1) is 8.98. The van der Waals surface area contributed by atoms with Crippen molar-refractivity contribution in [3.05, 3.63) is 23.9 Å². The van der Waals surface area contributed by atoms with Gasteiger partial charge in [-0.05, 0) is 52.2 Å². The van der Waals surface area contributed by atoms with Gasteiger partial charge in [0.15, 0.2) is 0 Å². The molecule has 0 bridgehead atoms. The van der Waals surface area contributed by atoms with Crippen LogP contribution in [0, 0.1) is 0 Å². The fraction of sp³-hybridized carbons (Fsp3) is 0.688. The van der Waals surface area contributed by atoms with Gasteiger partial charge in [0.25, 0.3) is 0 Å². The standard InChI is InChI=1S/C16H27N3/c1-5-12(11-17-16(2,3)4)14-7-6-8-15(19-14)18-13-9-10-13/h6-8,12-13,17H,5,9-11H2,1-4H3,(H,18,19)/t12-/m1/s1. The Labute approximate surface area is 117 Å². The normalized spacial score (nSPS) is 17.3. The van der Waals surface area contributed by atoms with E-state index >= 15 is 0 Å². The Kier molecular flexibility index (Phi) is 4.46. The van der Waals surface area contributed by atoms with Crippen molar-refractivity contribution in [1.29, 1.82) is 0 Å². The number of nitrogens with one attached hydrogen (secondary N) is 2. The molecule has 0 aliphatic heterocycles. The number of rotatable bonds is 6. The van der Waals surface area contributed by atoms with Gasteiger partial charge in [-0.15, -0.1) is 0 Å². The lowest BCUT2D eigenvalue weighted by Crippen LogP contribution is -2.38. The number of hydrogen-bond donors (Lipinski definition) is 2. The molecule has 106 valence electrons. The molecule has 1 atom stereocenters. The Balaban J connectivity index is 2.00. The Hall–Kier alpha value is -1.09. The Morgan fingerprint density at radius 3 is 2.63 bits per heavy atom. The van der Waals surface area contributed by atoms with E-state index < -0.39 is 0 Å². The van der Waals surface area contributed by atoms with E-state index in [1.807, 2.05) is 0 Å². The average molecular weight is 261 g/mol. The minimum absolute atomic E-state index is 0.164. The van der Waals surface area contributed by atoms with E-state index in [1.165, 1.54) is 18.5 Å². The summed E-state index contributed by atoms with van der Waals surface area (Å²) >= 11 is 0. The lowest BCUT2D eigenvalue weighted by Gasteiger charge is -2.24. The molecule has 0 radical (unpaired) electrons. The van der Waals surface area contributed by atoms with Crippen molar-refractivity contribution in [1.82, 2.24) is 10.3 Å². The molecule has 3 nitrogen and oxygen atoms in total. The van der Waals surface area contributed by atoms with Gasteiger partial charge < -0.3 is 10.6 Å². The molecule has 1 fully saturated rings. The molecule has 2 N–H and O–H groups in total. The van der Waals surface area contributed by atoms with E-state index in [1.54, 1.807) is 0 Å². The molecule has 1 aromatic heterocycles. The first-order valence-electron chi connectivity index (χ1n) is 7.46. The monoisotopic (exact) mass is 261 g/mol. The van der Waals surface area contributed by atoms with Crippen LogP contribution in [0.5, 0.6) is 0 Å². The highest BCUT2D eigenvalue weighted by Crippen LogP contribution is 2.25. The van der Waals surface area contributed by atoms with Gasteiger partial charge in [0.05, 0.1) is 0 Å². The summed E-state index contributed by atoms with van der Waals surface area (Å²) in [6, 6.07) is 7.00.